The Bertz CT molecular complexity index is 364. The van der Waals surface area contributed by atoms with Gasteiger partial charge in [0.25, 0.3) is 0 Å². The van der Waals surface area contributed by atoms with E-state index >= 15 is 0 Å². The molecule has 0 radical (unpaired) electrons. The standard InChI is InChI=1S/C16H27NO2/c1-5-18-15-10-9-14(12-16(15)19-6-2)17-11-7-8-13(3)4/h9-10,12-13,17H,5-8,11H2,1-4H3. The Balaban J connectivity index is 2.56. The van der Waals surface area contributed by atoms with Crippen LogP contribution < -0.4 is 14.8 Å². The van der Waals surface area contributed by atoms with Gasteiger partial charge in [-0.25, -0.2) is 0 Å². The van der Waals surface area contributed by atoms with Crippen molar-refractivity contribution in [2.45, 2.75) is 40.5 Å². The van der Waals surface area contributed by atoms with E-state index in [0.717, 1.165) is 29.6 Å². The Kier molecular flexibility index (Phi) is 7.16. The molecule has 3 heteroatoms. The summed E-state index contributed by atoms with van der Waals surface area (Å²) in [6.07, 6.45) is 2.44. The molecule has 1 aromatic rings. The molecule has 0 atom stereocenters. The molecule has 0 amide bonds. The first-order valence-corrected chi connectivity index (χ1v) is 7.30. The maximum absolute atomic E-state index is 5.61. The first-order chi connectivity index (χ1) is 9.17. The van der Waals surface area contributed by atoms with E-state index in [9.17, 15) is 0 Å². The van der Waals surface area contributed by atoms with Crippen LogP contribution in [-0.2, 0) is 0 Å². The molecule has 0 aliphatic carbocycles. The largest absolute Gasteiger partial charge is 0.490 e. The van der Waals surface area contributed by atoms with Crippen LogP contribution in [0.5, 0.6) is 11.5 Å². The predicted molar refractivity (Wildman–Crippen MR) is 81.3 cm³/mol. The summed E-state index contributed by atoms with van der Waals surface area (Å²) in [6, 6.07) is 6.03. The normalized spacial score (nSPS) is 10.6. The van der Waals surface area contributed by atoms with Gasteiger partial charge >= 0.3 is 0 Å². The van der Waals surface area contributed by atoms with Crippen molar-refractivity contribution in [1.82, 2.24) is 0 Å². The van der Waals surface area contributed by atoms with E-state index in [1.165, 1.54) is 12.8 Å². The first-order valence-electron chi connectivity index (χ1n) is 7.30. The summed E-state index contributed by atoms with van der Waals surface area (Å²) < 4.78 is 11.2. The smallest absolute Gasteiger partial charge is 0.163 e. The Morgan fingerprint density at radius 3 is 2.37 bits per heavy atom. The van der Waals surface area contributed by atoms with Crippen LogP contribution >= 0.6 is 0 Å². The van der Waals surface area contributed by atoms with Crippen molar-refractivity contribution >= 4 is 5.69 Å². The van der Waals surface area contributed by atoms with E-state index in [-0.39, 0.29) is 0 Å². The van der Waals surface area contributed by atoms with Crippen molar-refractivity contribution in [3.05, 3.63) is 18.2 Å². The average molecular weight is 265 g/mol. The predicted octanol–water partition coefficient (Wildman–Crippen LogP) is 4.33. The summed E-state index contributed by atoms with van der Waals surface area (Å²) in [7, 11) is 0. The van der Waals surface area contributed by atoms with Crippen molar-refractivity contribution in [2.24, 2.45) is 5.92 Å². The van der Waals surface area contributed by atoms with Gasteiger partial charge in [0.05, 0.1) is 13.2 Å². The fourth-order valence-electron chi connectivity index (χ4n) is 1.90. The molecule has 1 N–H and O–H groups in total. The van der Waals surface area contributed by atoms with E-state index < -0.39 is 0 Å². The van der Waals surface area contributed by atoms with Gasteiger partial charge in [0.1, 0.15) is 0 Å². The highest BCUT2D eigenvalue weighted by molar-refractivity contribution is 5.54. The summed E-state index contributed by atoms with van der Waals surface area (Å²) in [5.74, 6) is 2.40. The molecule has 0 aliphatic rings. The summed E-state index contributed by atoms with van der Waals surface area (Å²) in [5.41, 5.74) is 1.09. The molecule has 0 aliphatic heterocycles. The lowest BCUT2D eigenvalue weighted by molar-refractivity contribution is 0.288. The van der Waals surface area contributed by atoms with Gasteiger partial charge in [-0.15, -0.1) is 0 Å². The second-order valence-electron chi connectivity index (χ2n) is 4.99. The minimum Gasteiger partial charge on any atom is -0.490 e. The molecule has 3 nitrogen and oxygen atoms in total. The minimum absolute atomic E-state index is 0.650. The Morgan fingerprint density at radius 1 is 1.05 bits per heavy atom. The van der Waals surface area contributed by atoms with Crippen molar-refractivity contribution < 1.29 is 9.47 Å². The van der Waals surface area contributed by atoms with Crippen LogP contribution in [0.2, 0.25) is 0 Å². The zero-order chi connectivity index (χ0) is 14.1. The van der Waals surface area contributed by atoms with Crippen molar-refractivity contribution in [1.29, 1.82) is 0 Å². The molecule has 0 bridgehead atoms. The lowest BCUT2D eigenvalue weighted by Gasteiger charge is -2.13. The number of ether oxygens (including phenoxy) is 2. The van der Waals surface area contributed by atoms with E-state index in [4.69, 9.17) is 9.47 Å². The quantitative estimate of drug-likeness (QED) is 0.674. The Labute approximate surface area is 117 Å². The number of nitrogens with one attached hydrogen (secondary N) is 1. The summed E-state index contributed by atoms with van der Waals surface area (Å²) in [5, 5.41) is 3.43. The third-order valence-electron chi connectivity index (χ3n) is 2.83. The SMILES string of the molecule is CCOc1ccc(NCCCC(C)C)cc1OCC. The summed E-state index contributed by atoms with van der Waals surface area (Å²) in [6.45, 7) is 10.8. The topological polar surface area (TPSA) is 30.5 Å². The highest BCUT2D eigenvalue weighted by Crippen LogP contribution is 2.30. The van der Waals surface area contributed by atoms with Gasteiger partial charge in [-0.05, 0) is 44.7 Å². The molecular weight excluding hydrogens is 238 g/mol. The average Bonchev–Trinajstić information content (AvgIpc) is 2.38. The molecular formula is C16H27NO2. The Hall–Kier alpha value is -1.38. The van der Waals surface area contributed by atoms with Crippen molar-refractivity contribution in [2.75, 3.05) is 25.1 Å². The number of anilines is 1. The second-order valence-corrected chi connectivity index (χ2v) is 4.99. The van der Waals surface area contributed by atoms with Gasteiger partial charge in [0.15, 0.2) is 11.5 Å². The molecule has 0 saturated carbocycles. The van der Waals surface area contributed by atoms with Gasteiger partial charge in [0.2, 0.25) is 0 Å². The third kappa shape index (κ3) is 5.86. The van der Waals surface area contributed by atoms with Crippen LogP contribution in [0.3, 0.4) is 0 Å². The van der Waals surface area contributed by atoms with Gasteiger partial charge in [-0.1, -0.05) is 13.8 Å². The van der Waals surface area contributed by atoms with Crippen molar-refractivity contribution in [3.63, 3.8) is 0 Å². The van der Waals surface area contributed by atoms with E-state index in [1.807, 2.05) is 32.0 Å². The molecule has 0 saturated heterocycles. The highest BCUT2D eigenvalue weighted by Gasteiger charge is 2.05. The zero-order valence-electron chi connectivity index (χ0n) is 12.7. The third-order valence-corrected chi connectivity index (χ3v) is 2.83. The monoisotopic (exact) mass is 265 g/mol. The number of hydrogen-bond acceptors (Lipinski definition) is 3. The fraction of sp³-hybridized carbons (Fsp3) is 0.625. The lowest BCUT2D eigenvalue weighted by atomic mass is 10.1. The van der Waals surface area contributed by atoms with E-state index in [2.05, 4.69) is 19.2 Å². The van der Waals surface area contributed by atoms with Gasteiger partial charge < -0.3 is 14.8 Å². The number of rotatable bonds is 9. The lowest BCUT2D eigenvalue weighted by Crippen LogP contribution is -2.04. The molecule has 0 spiro atoms. The number of hydrogen-bond donors (Lipinski definition) is 1. The minimum atomic E-state index is 0.650. The van der Waals surface area contributed by atoms with Crippen LogP contribution in [0.4, 0.5) is 5.69 Å². The molecule has 1 aromatic carbocycles. The molecule has 0 aromatic heterocycles. The van der Waals surface area contributed by atoms with Gasteiger partial charge in [-0.3, -0.25) is 0 Å². The van der Waals surface area contributed by atoms with Gasteiger partial charge in [-0.2, -0.15) is 0 Å². The molecule has 108 valence electrons. The maximum Gasteiger partial charge on any atom is 0.163 e. The number of benzene rings is 1. The van der Waals surface area contributed by atoms with Crippen molar-refractivity contribution in [3.8, 4) is 11.5 Å². The van der Waals surface area contributed by atoms with Crippen LogP contribution in [0.15, 0.2) is 18.2 Å². The van der Waals surface area contributed by atoms with Crippen LogP contribution in [-0.4, -0.2) is 19.8 Å². The molecule has 19 heavy (non-hydrogen) atoms. The maximum atomic E-state index is 5.61. The molecule has 0 fully saturated rings. The molecule has 1 rings (SSSR count). The van der Waals surface area contributed by atoms with Crippen LogP contribution in [0.25, 0.3) is 0 Å². The fourth-order valence-corrected chi connectivity index (χ4v) is 1.90. The van der Waals surface area contributed by atoms with Gasteiger partial charge in [0, 0.05) is 18.3 Å². The van der Waals surface area contributed by atoms with Crippen LogP contribution in [0.1, 0.15) is 40.5 Å². The van der Waals surface area contributed by atoms with E-state index in [0.29, 0.717) is 13.2 Å². The first kappa shape index (κ1) is 15.7. The summed E-state index contributed by atoms with van der Waals surface area (Å²) in [4.78, 5) is 0. The molecule has 0 heterocycles. The van der Waals surface area contributed by atoms with E-state index in [1.54, 1.807) is 0 Å². The highest BCUT2D eigenvalue weighted by atomic mass is 16.5. The second kappa shape index (κ2) is 8.68. The Morgan fingerprint density at radius 2 is 1.74 bits per heavy atom. The zero-order valence-corrected chi connectivity index (χ0v) is 12.7. The molecule has 0 unspecified atom stereocenters. The van der Waals surface area contributed by atoms with Crippen LogP contribution in [0, 0.1) is 5.92 Å². The summed E-state index contributed by atoms with van der Waals surface area (Å²) >= 11 is 0.